The molecule has 0 bridgehead atoms. The first kappa shape index (κ1) is 15.0. The number of benzene rings is 2. The van der Waals surface area contributed by atoms with Crippen LogP contribution in [-0.4, -0.2) is 24.4 Å². The zero-order valence-electron chi connectivity index (χ0n) is 12.6. The molecule has 2 aromatic carbocycles. The summed E-state index contributed by atoms with van der Waals surface area (Å²) >= 11 is 0. The Morgan fingerprint density at radius 3 is 2.24 bits per heavy atom. The van der Waals surface area contributed by atoms with E-state index in [1.54, 1.807) is 11.0 Å². The molecule has 0 radical (unpaired) electrons. The topological polar surface area (TPSA) is 20.3 Å². The molecule has 108 valence electrons. The molecule has 0 aliphatic heterocycles. The van der Waals surface area contributed by atoms with Gasteiger partial charge in [-0.25, -0.2) is 0 Å². The summed E-state index contributed by atoms with van der Waals surface area (Å²) in [4.78, 5) is 13.6. The third-order valence-electron chi connectivity index (χ3n) is 3.37. The van der Waals surface area contributed by atoms with Crippen LogP contribution in [0.2, 0.25) is 0 Å². The second kappa shape index (κ2) is 7.44. The number of amides is 1. The van der Waals surface area contributed by atoms with Crippen LogP contribution < -0.4 is 0 Å². The molecule has 0 saturated carbocycles. The van der Waals surface area contributed by atoms with Gasteiger partial charge in [-0.3, -0.25) is 4.79 Å². The number of carbonyl (C=O) groups excluding carboxylic acids is 1. The summed E-state index contributed by atoms with van der Waals surface area (Å²) in [5.74, 6) is 0.0454. The maximum Gasteiger partial charge on any atom is 0.246 e. The molecule has 2 rings (SSSR count). The summed E-state index contributed by atoms with van der Waals surface area (Å²) in [5.41, 5.74) is 3.42. The van der Waals surface area contributed by atoms with Crippen LogP contribution >= 0.6 is 0 Å². The van der Waals surface area contributed by atoms with E-state index in [0.29, 0.717) is 0 Å². The fourth-order valence-electron chi connectivity index (χ4n) is 2.16. The van der Waals surface area contributed by atoms with Crippen LogP contribution in [0, 0.1) is 0 Å². The van der Waals surface area contributed by atoms with Crippen molar-refractivity contribution in [3.8, 4) is 11.1 Å². The maximum absolute atomic E-state index is 11.8. The average molecular weight is 279 g/mol. The van der Waals surface area contributed by atoms with Crippen molar-refractivity contribution in [2.75, 3.05) is 13.6 Å². The molecule has 0 aliphatic rings. The van der Waals surface area contributed by atoms with Crippen molar-refractivity contribution in [1.82, 2.24) is 4.90 Å². The Kier molecular flexibility index (Phi) is 5.33. The maximum atomic E-state index is 11.8. The highest BCUT2D eigenvalue weighted by atomic mass is 16.2. The lowest BCUT2D eigenvalue weighted by Gasteiger charge is -2.12. The monoisotopic (exact) mass is 279 g/mol. The van der Waals surface area contributed by atoms with E-state index >= 15 is 0 Å². The summed E-state index contributed by atoms with van der Waals surface area (Å²) < 4.78 is 0. The number of hydrogen-bond donors (Lipinski definition) is 0. The largest absolute Gasteiger partial charge is 0.342 e. The van der Waals surface area contributed by atoms with Crippen molar-refractivity contribution in [1.29, 1.82) is 0 Å². The van der Waals surface area contributed by atoms with Gasteiger partial charge in [-0.05, 0) is 29.2 Å². The third-order valence-corrected chi connectivity index (χ3v) is 3.37. The second-order valence-corrected chi connectivity index (χ2v) is 5.08. The summed E-state index contributed by atoms with van der Waals surface area (Å²) in [6.45, 7) is 2.85. The molecule has 0 heterocycles. The molecule has 2 aromatic rings. The van der Waals surface area contributed by atoms with Gasteiger partial charge < -0.3 is 4.90 Å². The Morgan fingerprint density at radius 1 is 1.00 bits per heavy atom. The van der Waals surface area contributed by atoms with E-state index in [1.165, 1.54) is 11.1 Å². The molecule has 2 nitrogen and oxygen atoms in total. The van der Waals surface area contributed by atoms with Crippen LogP contribution in [0.3, 0.4) is 0 Å². The summed E-state index contributed by atoms with van der Waals surface area (Å²) in [7, 11) is 1.83. The van der Waals surface area contributed by atoms with Crippen LogP contribution in [-0.2, 0) is 4.79 Å². The van der Waals surface area contributed by atoms with Crippen molar-refractivity contribution in [2.24, 2.45) is 0 Å². The number of carbonyl (C=O) groups is 1. The average Bonchev–Trinajstić information content (AvgIpc) is 2.54. The van der Waals surface area contributed by atoms with Gasteiger partial charge in [0.15, 0.2) is 0 Å². The highest BCUT2D eigenvalue weighted by molar-refractivity contribution is 5.91. The lowest BCUT2D eigenvalue weighted by atomic mass is 10.0. The quantitative estimate of drug-likeness (QED) is 0.750. The van der Waals surface area contributed by atoms with Gasteiger partial charge in [-0.2, -0.15) is 0 Å². The van der Waals surface area contributed by atoms with E-state index in [2.05, 4.69) is 31.2 Å². The van der Waals surface area contributed by atoms with Crippen molar-refractivity contribution >= 4 is 12.0 Å². The fraction of sp³-hybridized carbons (Fsp3) is 0.211. The lowest BCUT2D eigenvalue weighted by molar-refractivity contribution is -0.124. The normalized spacial score (nSPS) is 10.8. The molecule has 0 N–H and O–H groups in total. The number of rotatable bonds is 5. The Labute approximate surface area is 126 Å². The highest BCUT2D eigenvalue weighted by Gasteiger charge is 2.02. The van der Waals surface area contributed by atoms with Crippen LogP contribution in [0.25, 0.3) is 17.2 Å². The summed E-state index contributed by atoms with van der Waals surface area (Å²) in [6.07, 6.45) is 4.47. The minimum atomic E-state index is 0.0454. The second-order valence-electron chi connectivity index (χ2n) is 5.08. The smallest absolute Gasteiger partial charge is 0.246 e. The minimum Gasteiger partial charge on any atom is -0.342 e. The lowest BCUT2D eigenvalue weighted by Crippen LogP contribution is -2.25. The molecule has 0 unspecified atom stereocenters. The van der Waals surface area contributed by atoms with Crippen LogP contribution in [0.1, 0.15) is 18.9 Å². The number of nitrogens with zero attached hydrogens (tertiary/aromatic N) is 1. The number of likely N-dealkylation sites (N-methyl/N-ethyl adjacent to an activating group) is 1. The predicted octanol–water partition coefficient (Wildman–Crippen LogP) is 4.24. The Bertz CT molecular complexity index is 599. The van der Waals surface area contributed by atoms with Gasteiger partial charge in [-0.15, -0.1) is 0 Å². The molecule has 0 aromatic heterocycles. The zero-order chi connectivity index (χ0) is 15.1. The van der Waals surface area contributed by atoms with Crippen LogP contribution in [0.5, 0.6) is 0 Å². The van der Waals surface area contributed by atoms with E-state index < -0.39 is 0 Å². The summed E-state index contributed by atoms with van der Waals surface area (Å²) in [5, 5.41) is 0. The fourth-order valence-corrected chi connectivity index (χ4v) is 2.16. The summed E-state index contributed by atoms with van der Waals surface area (Å²) in [6, 6.07) is 18.5. The Hall–Kier alpha value is -2.35. The first-order chi connectivity index (χ1) is 10.2. The molecule has 2 heteroatoms. The van der Waals surface area contributed by atoms with Gasteiger partial charge in [0.2, 0.25) is 5.91 Å². The molecular weight excluding hydrogens is 258 g/mol. The first-order valence-electron chi connectivity index (χ1n) is 7.29. The highest BCUT2D eigenvalue weighted by Crippen LogP contribution is 2.19. The Balaban J connectivity index is 2.04. The van der Waals surface area contributed by atoms with E-state index in [0.717, 1.165) is 18.5 Å². The van der Waals surface area contributed by atoms with Gasteiger partial charge >= 0.3 is 0 Å². The van der Waals surface area contributed by atoms with Crippen molar-refractivity contribution in [3.63, 3.8) is 0 Å². The third kappa shape index (κ3) is 4.32. The van der Waals surface area contributed by atoms with E-state index in [4.69, 9.17) is 0 Å². The molecule has 0 aliphatic carbocycles. The van der Waals surface area contributed by atoms with E-state index in [9.17, 15) is 4.79 Å². The molecule has 0 saturated heterocycles. The van der Waals surface area contributed by atoms with E-state index in [1.807, 2.05) is 43.5 Å². The van der Waals surface area contributed by atoms with Crippen molar-refractivity contribution in [3.05, 3.63) is 66.2 Å². The van der Waals surface area contributed by atoms with Gasteiger partial charge in [0.1, 0.15) is 0 Å². The molecule has 0 spiro atoms. The van der Waals surface area contributed by atoms with E-state index in [-0.39, 0.29) is 5.91 Å². The molecule has 0 fully saturated rings. The molecule has 0 atom stereocenters. The zero-order valence-corrected chi connectivity index (χ0v) is 12.6. The van der Waals surface area contributed by atoms with Crippen LogP contribution in [0.15, 0.2) is 60.7 Å². The number of hydrogen-bond acceptors (Lipinski definition) is 1. The SMILES string of the molecule is CCCN(C)C(=O)/C=C/c1ccc(-c2ccccc2)cc1. The van der Waals surface area contributed by atoms with Crippen molar-refractivity contribution < 1.29 is 4.79 Å². The minimum absolute atomic E-state index is 0.0454. The predicted molar refractivity (Wildman–Crippen MR) is 88.8 cm³/mol. The van der Waals surface area contributed by atoms with Crippen molar-refractivity contribution in [2.45, 2.75) is 13.3 Å². The van der Waals surface area contributed by atoms with Crippen LogP contribution in [0.4, 0.5) is 0 Å². The standard InChI is InChI=1S/C19H21NO/c1-3-15-20(2)19(21)14-11-16-9-12-18(13-10-16)17-7-5-4-6-8-17/h4-14H,3,15H2,1-2H3/b14-11+. The molecular formula is C19H21NO. The van der Waals surface area contributed by atoms with Gasteiger partial charge in [0.05, 0.1) is 0 Å². The Morgan fingerprint density at radius 2 is 1.62 bits per heavy atom. The van der Waals surface area contributed by atoms with Gasteiger partial charge in [0.25, 0.3) is 0 Å². The molecule has 1 amide bonds. The first-order valence-corrected chi connectivity index (χ1v) is 7.29. The van der Waals surface area contributed by atoms with Gasteiger partial charge in [0, 0.05) is 19.7 Å². The van der Waals surface area contributed by atoms with Gasteiger partial charge in [-0.1, -0.05) is 61.5 Å². The molecule has 21 heavy (non-hydrogen) atoms.